The minimum atomic E-state index is 0.902. The number of benzene rings is 18. The van der Waals surface area contributed by atoms with E-state index in [1.807, 2.05) is 48.5 Å². The second-order valence-corrected chi connectivity index (χ2v) is 29.1. The molecule has 0 aliphatic carbocycles. The fourth-order valence-corrected chi connectivity index (χ4v) is 16.3. The molecule has 0 saturated carbocycles. The number of hydrogen-bond donors (Lipinski definition) is 0. The first-order valence-electron chi connectivity index (χ1n) is 38.6. The molecule has 22 rings (SSSR count). The summed E-state index contributed by atoms with van der Waals surface area (Å²) in [7, 11) is 0. The van der Waals surface area contributed by atoms with Crippen molar-refractivity contribution in [3.05, 3.63) is 425 Å². The zero-order chi connectivity index (χ0) is 75.4. The maximum Gasteiger partial charge on any atom is 0.135 e. The molecule has 0 saturated heterocycles. The number of fused-ring (bicyclic) bond motifs is 12. The predicted molar refractivity (Wildman–Crippen MR) is 475 cm³/mol. The van der Waals surface area contributed by atoms with Crippen LogP contribution in [0.4, 0.5) is 34.1 Å². The third kappa shape index (κ3) is 12.7. The van der Waals surface area contributed by atoms with Crippen LogP contribution >= 0.6 is 0 Å². The van der Waals surface area contributed by atoms with Gasteiger partial charge in [-0.1, -0.05) is 273 Å². The normalized spacial score (nSPS) is 11.5. The molecule has 6 heteroatoms. The molecule has 0 unspecified atom stereocenters. The summed E-state index contributed by atoms with van der Waals surface area (Å²) < 4.78 is 24.4. The summed E-state index contributed by atoms with van der Waals surface area (Å²) in [5, 5.41) is 9.05. The Kier molecular flexibility index (Phi) is 16.8. The summed E-state index contributed by atoms with van der Waals surface area (Å²) >= 11 is 0. The molecule has 0 N–H and O–H groups in total. The van der Waals surface area contributed by atoms with E-state index in [1.165, 1.54) is 44.5 Å². The highest BCUT2D eigenvalue weighted by Gasteiger charge is 2.20. The second kappa shape index (κ2) is 28.6. The van der Waals surface area contributed by atoms with Crippen molar-refractivity contribution in [2.75, 3.05) is 9.80 Å². The molecule has 0 spiro atoms. The zero-order valence-electron chi connectivity index (χ0n) is 61.9. The van der Waals surface area contributed by atoms with E-state index >= 15 is 0 Å². The largest absolute Gasteiger partial charge is 0.456 e. The summed E-state index contributed by atoms with van der Waals surface area (Å²) in [6.45, 7) is 0. The van der Waals surface area contributed by atoms with Gasteiger partial charge in [-0.3, -0.25) is 0 Å². The summed E-state index contributed by atoms with van der Waals surface area (Å²) in [6, 6.07) is 151. The lowest BCUT2D eigenvalue weighted by Gasteiger charge is -2.26. The van der Waals surface area contributed by atoms with Gasteiger partial charge in [0, 0.05) is 77.2 Å². The number of furan rings is 4. The number of nitrogens with zero attached hydrogens (tertiary/aromatic N) is 2. The topological polar surface area (TPSA) is 59.0 Å². The third-order valence-corrected chi connectivity index (χ3v) is 22.2. The summed E-state index contributed by atoms with van der Waals surface area (Å²) in [5.41, 5.74) is 32.5. The lowest BCUT2D eigenvalue weighted by atomic mass is 9.98. The Morgan fingerprint density at radius 1 is 0.114 bits per heavy atom. The molecule has 0 fully saturated rings. The highest BCUT2D eigenvalue weighted by molar-refractivity contribution is 6.10. The number of rotatable bonds is 14. The van der Waals surface area contributed by atoms with Crippen molar-refractivity contribution >= 4 is 122 Å². The first-order chi connectivity index (χ1) is 56.4. The highest BCUT2D eigenvalue weighted by atomic mass is 16.3. The lowest BCUT2D eigenvalue weighted by Crippen LogP contribution is -2.09. The zero-order valence-corrected chi connectivity index (χ0v) is 61.9. The van der Waals surface area contributed by atoms with E-state index in [2.05, 4.69) is 386 Å². The van der Waals surface area contributed by atoms with Crippen molar-refractivity contribution in [3.63, 3.8) is 0 Å². The molecule has 0 amide bonds. The number of para-hydroxylation sites is 4. The standard InChI is InChI=1S/2C54H35NO2/c1-2-9-36(10-3-1)40-11-8-12-41(33-40)37-17-25-44(26-18-37)55(45-27-19-38(20-28-45)42-23-31-53-49(34-42)47-13-4-6-15-51(47)56-53)46-29-21-39(22-30-46)43-24-32-54-50(35-43)48-14-5-7-16-52(48)57-54;1-2-8-36(9-3-1)37-14-16-38(17-15-37)39-18-26-44(27-19-39)55(45-28-20-40(21-29-45)42-24-32-53-49(34-42)47-10-4-6-12-51(47)56-53)46-30-22-41(23-31-46)43-25-33-54-50(35-43)48-11-5-7-13-52(48)57-54/h2*1-35H. The molecule has 22 aromatic rings. The molecule has 0 radical (unpaired) electrons. The van der Waals surface area contributed by atoms with Gasteiger partial charge in [-0.15, -0.1) is 0 Å². The van der Waals surface area contributed by atoms with Gasteiger partial charge in [0.25, 0.3) is 0 Å². The van der Waals surface area contributed by atoms with E-state index in [0.29, 0.717) is 0 Å². The van der Waals surface area contributed by atoms with E-state index in [-0.39, 0.29) is 0 Å². The lowest BCUT2D eigenvalue weighted by molar-refractivity contribution is 0.668. The van der Waals surface area contributed by atoms with Crippen molar-refractivity contribution in [3.8, 4) is 89.0 Å². The summed E-state index contributed by atoms with van der Waals surface area (Å²) in [5.74, 6) is 0. The molecular formula is C108H70N2O4. The van der Waals surface area contributed by atoms with Crippen LogP contribution in [0.2, 0.25) is 0 Å². The van der Waals surface area contributed by atoms with Crippen molar-refractivity contribution in [2.24, 2.45) is 0 Å². The second-order valence-electron chi connectivity index (χ2n) is 29.1. The van der Waals surface area contributed by atoms with Crippen LogP contribution in [0, 0.1) is 0 Å². The fraction of sp³-hybridized carbons (Fsp3) is 0. The Morgan fingerprint density at radius 3 is 0.535 bits per heavy atom. The van der Waals surface area contributed by atoms with E-state index in [0.717, 1.165) is 166 Å². The van der Waals surface area contributed by atoms with Gasteiger partial charge >= 0.3 is 0 Å². The number of hydrogen-bond acceptors (Lipinski definition) is 6. The molecule has 0 bridgehead atoms. The molecule has 4 heterocycles. The van der Waals surface area contributed by atoms with Gasteiger partial charge in [-0.05, 0) is 241 Å². The van der Waals surface area contributed by atoms with E-state index < -0.39 is 0 Å². The molecule has 536 valence electrons. The molecule has 18 aromatic carbocycles. The average molecular weight is 1460 g/mol. The highest BCUT2D eigenvalue weighted by Crippen LogP contribution is 2.44. The van der Waals surface area contributed by atoms with Crippen LogP contribution in [-0.2, 0) is 0 Å². The van der Waals surface area contributed by atoms with Gasteiger partial charge in [0.15, 0.2) is 0 Å². The van der Waals surface area contributed by atoms with Gasteiger partial charge in [-0.2, -0.15) is 0 Å². The molecule has 4 aromatic heterocycles. The minimum absolute atomic E-state index is 0.902. The molecule has 0 atom stereocenters. The molecule has 6 nitrogen and oxygen atoms in total. The van der Waals surface area contributed by atoms with Crippen LogP contribution in [0.3, 0.4) is 0 Å². The maximum atomic E-state index is 6.11. The van der Waals surface area contributed by atoms with Crippen LogP contribution in [-0.4, -0.2) is 0 Å². The minimum Gasteiger partial charge on any atom is -0.456 e. The van der Waals surface area contributed by atoms with Crippen LogP contribution in [0.1, 0.15) is 0 Å². The quantitative estimate of drug-likeness (QED) is 0.108. The van der Waals surface area contributed by atoms with Crippen molar-refractivity contribution < 1.29 is 17.7 Å². The van der Waals surface area contributed by atoms with Gasteiger partial charge in [0.2, 0.25) is 0 Å². The van der Waals surface area contributed by atoms with Crippen molar-refractivity contribution in [1.29, 1.82) is 0 Å². The van der Waals surface area contributed by atoms with E-state index in [4.69, 9.17) is 17.7 Å². The van der Waals surface area contributed by atoms with Crippen LogP contribution < -0.4 is 9.80 Å². The summed E-state index contributed by atoms with van der Waals surface area (Å²) in [6.07, 6.45) is 0. The monoisotopic (exact) mass is 1460 g/mol. The summed E-state index contributed by atoms with van der Waals surface area (Å²) in [4.78, 5) is 4.66. The molecule has 0 aliphatic rings. The Hall–Kier alpha value is -15.2. The smallest absolute Gasteiger partial charge is 0.135 e. The van der Waals surface area contributed by atoms with Gasteiger partial charge in [0.1, 0.15) is 44.7 Å². The van der Waals surface area contributed by atoms with E-state index in [1.54, 1.807) is 0 Å². The van der Waals surface area contributed by atoms with Crippen LogP contribution in [0.5, 0.6) is 0 Å². The Morgan fingerprint density at radius 2 is 0.281 bits per heavy atom. The number of anilines is 6. The first kappa shape index (κ1) is 66.9. The predicted octanol–water partition coefficient (Wildman–Crippen LogP) is 31.2. The molecule has 114 heavy (non-hydrogen) atoms. The fourth-order valence-electron chi connectivity index (χ4n) is 16.3. The van der Waals surface area contributed by atoms with Gasteiger partial charge < -0.3 is 27.5 Å². The maximum absolute atomic E-state index is 6.11. The van der Waals surface area contributed by atoms with Gasteiger partial charge in [-0.25, -0.2) is 0 Å². The van der Waals surface area contributed by atoms with Crippen molar-refractivity contribution in [2.45, 2.75) is 0 Å². The Balaban J connectivity index is 0.000000143. The Labute approximate surface area is 658 Å². The van der Waals surface area contributed by atoms with E-state index in [9.17, 15) is 0 Å². The average Bonchev–Trinajstić information content (AvgIpc) is 1.61. The van der Waals surface area contributed by atoms with Gasteiger partial charge in [0.05, 0.1) is 0 Å². The first-order valence-corrected chi connectivity index (χ1v) is 38.6. The van der Waals surface area contributed by atoms with Crippen LogP contribution in [0.15, 0.2) is 442 Å². The Bertz CT molecular complexity index is 6970. The third-order valence-electron chi connectivity index (χ3n) is 22.2. The van der Waals surface area contributed by atoms with Crippen LogP contribution in [0.25, 0.3) is 177 Å². The molecular weight excluding hydrogens is 1390 g/mol. The SMILES string of the molecule is c1ccc(-c2ccc(-c3ccc(N(c4ccc(-c5ccc6oc7ccccc7c6c5)cc4)c4ccc(-c5ccc6oc7ccccc7c6c5)cc4)cc3)cc2)cc1.c1ccc(-c2cccc(-c3ccc(N(c4ccc(-c5ccc6oc7ccccc7c6c5)cc4)c4ccc(-c5ccc6oc7ccccc7c6c5)cc4)cc3)c2)cc1. The van der Waals surface area contributed by atoms with Crippen molar-refractivity contribution in [1.82, 2.24) is 0 Å². The molecule has 0 aliphatic heterocycles.